The number of rotatable bonds is 11. The largest absolute Gasteiger partial charge is 0.493 e. The highest BCUT2D eigenvalue weighted by Gasteiger charge is 2.19. The van der Waals surface area contributed by atoms with Crippen LogP contribution >= 0.6 is 0 Å². The average Bonchev–Trinajstić information content (AvgIpc) is 2.79. The summed E-state index contributed by atoms with van der Waals surface area (Å²) in [6.07, 6.45) is 0. The van der Waals surface area contributed by atoms with Gasteiger partial charge >= 0.3 is 0 Å². The van der Waals surface area contributed by atoms with Crippen LogP contribution in [0.4, 0.5) is 11.4 Å². The van der Waals surface area contributed by atoms with Gasteiger partial charge in [-0.15, -0.1) is 0 Å². The molecule has 4 N–H and O–H groups in total. The van der Waals surface area contributed by atoms with Crippen LogP contribution in [-0.2, 0) is 11.3 Å². The van der Waals surface area contributed by atoms with Crippen LogP contribution in [0.15, 0.2) is 36.4 Å². The second-order valence-corrected chi connectivity index (χ2v) is 6.82. The van der Waals surface area contributed by atoms with Gasteiger partial charge in [0.25, 0.3) is 11.6 Å². The fourth-order valence-corrected chi connectivity index (χ4v) is 2.88. The maximum absolute atomic E-state index is 12.9. The van der Waals surface area contributed by atoms with Crippen LogP contribution < -0.4 is 25.4 Å². The third-order valence-corrected chi connectivity index (χ3v) is 4.54. The second kappa shape index (κ2) is 11.5. The van der Waals surface area contributed by atoms with E-state index in [1.807, 2.05) is 0 Å². The fraction of sp³-hybridized carbons (Fsp3) is 0.333. The third kappa shape index (κ3) is 6.57. The highest BCUT2D eigenvalue weighted by atomic mass is 16.6. The van der Waals surface area contributed by atoms with Gasteiger partial charge < -0.3 is 30.5 Å². The first-order valence-electron chi connectivity index (χ1n) is 9.68. The van der Waals surface area contributed by atoms with E-state index in [2.05, 4.69) is 16.0 Å². The van der Waals surface area contributed by atoms with Crippen molar-refractivity contribution in [3.63, 3.8) is 0 Å². The first kappa shape index (κ1) is 24.4. The highest BCUT2D eigenvalue weighted by molar-refractivity contribution is 6.00. The zero-order valence-electron chi connectivity index (χ0n) is 18.0. The van der Waals surface area contributed by atoms with Crippen molar-refractivity contribution in [1.82, 2.24) is 10.6 Å². The Balaban J connectivity index is 2.23. The number of hydrogen-bond acceptors (Lipinski definition) is 8. The number of amides is 2. The maximum Gasteiger partial charge on any atom is 0.270 e. The van der Waals surface area contributed by atoms with Gasteiger partial charge in [-0.1, -0.05) is 6.07 Å². The zero-order chi connectivity index (χ0) is 23.7. The number of hydrogen-bond donors (Lipinski definition) is 4. The first-order valence-corrected chi connectivity index (χ1v) is 9.68. The van der Waals surface area contributed by atoms with E-state index in [0.29, 0.717) is 11.5 Å². The van der Waals surface area contributed by atoms with E-state index in [-0.39, 0.29) is 42.5 Å². The zero-order valence-corrected chi connectivity index (χ0v) is 18.0. The first-order chi connectivity index (χ1) is 15.3. The van der Waals surface area contributed by atoms with E-state index in [1.165, 1.54) is 33.3 Å². The molecule has 11 heteroatoms. The molecule has 0 fully saturated rings. The molecule has 0 radical (unpaired) electrons. The van der Waals surface area contributed by atoms with Crippen LogP contribution in [0, 0.1) is 10.1 Å². The SMILES string of the molecule is COc1ccc(CNC(=O)c2cc([N+](=O)[O-])ccc2NC(CO)CNC(C)=O)cc1OC. The molecule has 0 heterocycles. The minimum absolute atomic E-state index is 0.0287. The van der Waals surface area contributed by atoms with E-state index >= 15 is 0 Å². The lowest BCUT2D eigenvalue weighted by molar-refractivity contribution is -0.384. The number of nitrogens with one attached hydrogen (secondary N) is 3. The monoisotopic (exact) mass is 446 g/mol. The summed E-state index contributed by atoms with van der Waals surface area (Å²) in [5, 5.41) is 29.0. The molecule has 0 saturated heterocycles. The summed E-state index contributed by atoms with van der Waals surface area (Å²) in [7, 11) is 3.02. The van der Waals surface area contributed by atoms with Crippen LogP contribution in [0.5, 0.6) is 11.5 Å². The molecular formula is C21H26N4O7. The quantitative estimate of drug-likeness (QED) is 0.299. The molecule has 2 aromatic carbocycles. The molecule has 11 nitrogen and oxygen atoms in total. The number of carbonyl (C=O) groups is 2. The fourth-order valence-electron chi connectivity index (χ4n) is 2.88. The van der Waals surface area contributed by atoms with E-state index in [4.69, 9.17) is 9.47 Å². The molecule has 0 aromatic heterocycles. The smallest absolute Gasteiger partial charge is 0.270 e. The van der Waals surface area contributed by atoms with E-state index in [1.54, 1.807) is 18.2 Å². The molecule has 0 aliphatic heterocycles. The van der Waals surface area contributed by atoms with Crippen molar-refractivity contribution in [2.75, 3.05) is 32.7 Å². The molecule has 1 unspecified atom stereocenters. The lowest BCUT2D eigenvalue weighted by Gasteiger charge is -2.20. The van der Waals surface area contributed by atoms with E-state index in [0.717, 1.165) is 11.6 Å². The molecule has 1 atom stereocenters. The highest BCUT2D eigenvalue weighted by Crippen LogP contribution is 2.28. The predicted molar refractivity (Wildman–Crippen MR) is 117 cm³/mol. The van der Waals surface area contributed by atoms with Crippen molar-refractivity contribution in [3.05, 3.63) is 57.6 Å². The van der Waals surface area contributed by atoms with Gasteiger partial charge in [-0.05, 0) is 23.8 Å². The molecule has 2 amide bonds. The number of nitrogens with zero attached hydrogens (tertiary/aromatic N) is 1. The Bertz CT molecular complexity index is 981. The Morgan fingerprint density at radius 3 is 2.41 bits per heavy atom. The molecule has 32 heavy (non-hydrogen) atoms. The minimum Gasteiger partial charge on any atom is -0.493 e. The van der Waals surface area contributed by atoms with Crippen molar-refractivity contribution in [3.8, 4) is 11.5 Å². The average molecular weight is 446 g/mol. The molecule has 0 spiro atoms. The molecule has 0 saturated carbocycles. The normalized spacial score (nSPS) is 11.2. The summed E-state index contributed by atoms with van der Waals surface area (Å²) >= 11 is 0. The number of aliphatic hydroxyl groups is 1. The van der Waals surface area contributed by atoms with Gasteiger partial charge in [0.2, 0.25) is 5.91 Å². The molecule has 0 aliphatic carbocycles. The van der Waals surface area contributed by atoms with Crippen LogP contribution in [0.25, 0.3) is 0 Å². The molecular weight excluding hydrogens is 420 g/mol. The third-order valence-electron chi connectivity index (χ3n) is 4.54. The summed E-state index contributed by atoms with van der Waals surface area (Å²) in [5.74, 6) is 0.215. The number of methoxy groups -OCH3 is 2. The number of benzene rings is 2. The van der Waals surface area contributed by atoms with Gasteiger partial charge in [-0.2, -0.15) is 0 Å². The lowest BCUT2D eigenvalue weighted by atomic mass is 10.1. The minimum atomic E-state index is -0.601. The van der Waals surface area contributed by atoms with E-state index in [9.17, 15) is 24.8 Å². The Morgan fingerprint density at radius 2 is 1.81 bits per heavy atom. The van der Waals surface area contributed by atoms with Crippen molar-refractivity contribution in [2.45, 2.75) is 19.5 Å². The Hall–Kier alpha value is -3.86. The standard InChI is InChI=1S/C21H26N4O7/c1-13(27)22-11-15(12-26)24-18-6-5-16(25(29)30)9-17(18)21(28)23-10-14-4-7-19(31-2)20(8-14)32-3/h4-9,15,24,26H,10-12H2,1-3H3,(H,22,27)(H,23,28). The number of carbonyl (C=O) groups excluding carboxylic acids is 2. The Kier molecular flexibility index (Phi) is 8.78. The maximum atomic E-state index is 12.9. The number of non-ortho nitro benzene ring substituents is 1. The number of anilines is 1. The second-order valence-electron chi connectivity index (χ2n) is 6.82. The van der Waals surface area contributed by atoms with Crippen molar-refractivity contribution in [2.24, 2.45) is 0 Å². The lowest BCUT2D eigenvalue weighted by Crippen LogP contribution is -2.38. The summed E-state index contributed by atoms with van der Waals surface area (Å²) < 4.78 is 10.4. The molecule has 2 aromatic rings. The molecule has 0 aliphatic rings. The van der Waals surface area contributed by atoms with Crippen LogP contribution in [0.1, 0.15) is 22.8 Å². The van der Waals surface area contributed by atoms with Gasteiger partial charge in [0.1, 0.15) is 0 Å². The summed E-state index contributed by atoms with van der Waals surface area (Å²) in [6, 6.07) is 8.36. The number of nitro groups is 1. The predicted octanol–water partition coefficient (Wildman–Crippen LogP) is 1.45. The van der Waals surface area contributed by atoms with Crippen molar-refractivity contribution in [1.29, 1.82) is 0 Å². The number of ether oxygens (including phenoxy) is 2. The Morgan fingerprint density at radius 1 is 1.09 bits per heavy atom. The summed E-state index contributed by atoms with van der Waals surface area (Å²) in [6.45, 7) is 1.25. The van der Waals surface area contributed by atoms with Crippen molar-refractivity contribution < 1.29 is 29.1 Å². The summed E-state index contributed by atoms with van der Waals surface area (Å²) in [4.78, 5) is 34.6. The number of aliphatic hydroxyl groups excluding tert-OH is 1. The number of nitro benzene ring substituents is 1. The van der Waals surface area contributed by atoms with E-state index < -0.39 is 16.9 Å². The van der Waals surface area contributed by atoms with Crippen LogP contribution in [0.2, 0.25) is 0 Å². The van der Waals surface area contributed by atoms with Gasteiger partial charge in [-0.3, -0.25) is 19.7 Å². The van der Waals surface area contributed by atoms with Crippen LogP contribution in [-0.4, -0.2) is 55.3 Å². The summed E-state index contributed by atoms with van der Waals surface area (Å²) in [5.41, 5.74) is 0.787. The molecule has 172 valence electrons. The molecule has 2 rings (SSSR count). The topological polar surface area (TPSA) is 152 Å². The molecule has 0 bridgehead atoms. The van der Waals surface area contributed by atoms with Crippen molar-refractivity contribution >= 4 is 23.2 Å². The Labute approximate surface area is 184 Å². The van der Waals surface area contributed by atoms with Gasteiger partial charge in [0.05, 0.1) is 37.4 Å². The van der Waals surface area contributed by atoms with Gasteiger partial charge in [-0.25, -0.2) is 0 Å². The van der Waals surface area contributed by atoms with Crippen LogP contribution in [0.3, 0.4) is 0 Å². The van der Waals surface area contributed by atoms with Gasteiger partial charge in [0.15, 0.2) is 11.5 Å². The van der Waals surface area contributed by atoms with Gasteiger partial charge in [0, 0.05) is 37.8 Å².